The zero-order valence-corrected chi connectivity index (χ0v) is 11.7. The fourth-order valence-electron chi connectivity index (χ4n) is 2.91. The van der Waals surface area contributed by atoms with E-state index in [2.05, 4.69) is 21.6 Å². The van der Waals surface area contributed by atoms with Gasteiger partial charge in [0.25, 0.3) is 0 Å². The third kappa shape index (κ3) is 2.17. The van der Waals surface area contributed by atoms with Crippen LogP contribution in [-0.2, 0) is 11.8 Å². The van der Waals surface area contributed by atoms with E-state index in [1.165, 1.54) is 0 Å². The Morgan fingerprint density at radius 1 is 1.35 bits per heavy atom. The van der Waals surface area contributed by atoms with Crippen LogP contribution in [0.2, 0.25) is 0 Å². The smallest absolute Gasteiger partial charge is 0.247 e. The van der Waals surface area contributed by atoms with Gasteiger partial charge in [-0.2, -0.15) is 5.26 Å². The van der Waals surface area contributed by atoms with Gasteiger partial charge < -0.3 is 4.57 Å². The summed E-state index contributed by atoms with van der Waals surface area (Å²) in [6.07, 6.45) is 6.54. The second-order valence-electron chi connectivity index (χ2n) is 5.92. The van der Waals surface area contributed by atoms with E-state index in [1.807, 2.05) is 11.6 Å². The van der Waals surface area contributed by atoms with Crippen molar-refractivity contribution in [2.75, 3.05) is 5.32 Å². The van der Waals surface area contributed by atoms with Crippen molar-refractivity contribution < 1.29 is 4.79 Å². The summed E-state index contributed by atoms with van der Waals surface area (Å²) in [6, 6.07) is 2.23. The Labute approximate surface area is 118 Å². The number of amides is 1. The highest BCUT2D eigenvalue weighted by atomic mass is 16.2. The molecule has 1 amide bonds. The Morgan fingerprint density at radius 2 is 2.05 bits per heavy atom. The third-order valence-electron chi connectivity index (χ3n) is 4.43. The van der Waals surface area contributed by atoms with Crippen LogP contribution in [0.4, 0.5) is 5.95 Å². The van der Waals surface area contributed by atoms with Crippen molar-refractivity contribution in [2.24, 2.45) is 12.5 Å². The molecule has 0 aliphatic heterocycles. The Hall–Kier alpha value is -1.90. The lowest BCUT2D eigenvalue weighted by Gasteiger charge is -2.28. The highest BCUT2D eigenvalue weighted by Crippen LogP contribution is 2.40. The molecule has 1 heterocycles. The number of anilines is 1. The second kappa shape index (κ2) is 4.89. The van der Waals surface area contributed by atoms with Gasteiger partial charge in [-0.25, -0.2) is 0 Å². The van der Waals surface area contributed by atoms with Crippen LogP contribution in [0.25, 0.3) is 0 Å². The molecule has 6 heteroatoms. The molecule has 1 aromatic heterocycles. The van der Waals surface area contributed by atoms with Gasteiger partial charge in [0.1, 0.15) is 11.2 Å². The van der Waals surface area contributed by atoms with Gasteiger partial charge in [0, 0.05) is 13.0 Å². The summed E-state index contributed by atoms with van der Waals surface area (Å²) in [5.74, 6) is 1.64. The second-order valence-corrected chi connectivity index (χ2v) is 5.92. The van der Waals surface area contributed by atoms with Crippen molar-refractivity contribution in [3.05, 3.63) is 5.82 Å². The predicted molar refractivity (Wildman–Crippen MR) is 72.7 cm³/mol. The fraction of sp³-hybridized carbons (Fsp3) is 0.714. The van der Waals surface area contributed by atoms with Gasteiger partial charge in [-0.05, 0) is 25.7 Å². The molecule has 106 valence electrons. The molecule has 0 spiro atoms. The van der Waals surface area contributed by atoms with Gasteiger partial charge in [0.2, 0.25) is 11.9 Å². The summed E-state index contributed by atoms with van der Waals surface area (Å²) in [4.78, 5) is 12.5. The fourth-order valence-corrected chi connectivity index (χ4v) is 2.91. The van der Waals surface area contributed by atoms with Crippen LogP contribution in [-0.4, -0.2) is 20.7 Å². The number of carbonyl (C=O) groups excluding carboxylic acids is 1. The number of hydrogen-bond donors (Lipinski definition) is 1. The number of rotatable bonds is 3. The van der Waals surface area contributed by atoms with E-state index in [0.717, 1.165) is 37.9 Å². The van der Waals surface area contributed by atoms with Gasteiger partial charge >= 0.3 is 0 Å². The minimum Gasteiger partial charge on any atom is -0.300 e. The number of nitrogens with zero attached hydrogens (tertiary/aromatic N) is 4. The highest BCUT2D eigenvalue weighted by molar-refractivity contribution is 5.96. The summed E-state index contributed by atoms with van der Waals surface area (Å²) >= 11 is 0. The van der Waals surface area contributed by atoms with Crippen LogP contribution in [0.5, 0.6) is 0 Å². The lowest BCUT2D eigenvalue weighted by Crippen LogP contribution is -2.37. The average molecular weight is 273 g/mol. The van der Waals surface area contributed by atoms with E-state index in [-0.39, 0.29) is 5.91 Å². The lowest BCUT2D eigenvalue weighted by molar-refractivity contribution is -0.124. The number of carbonyl (C=O) groups is 1. The number of nitriles is 1. The van der Waals surface area contributed by atoms with Crippen LogP contribution in [0.3, 0.4) is 0 Å². The number of nitrogens with one attached hydrogen (secondary N) is 1. The number of hydrogen-bond acceptors (Lipinski definition) is 4. The Bertz CT molecular complexity index is 561. The first-order chi connectivity index (χ1) is 9.66. The SMILES string of the molecule is Cn1c(NC(=O)C2(C#N)CCCCC2)nnc1C1CC1. The van der Waals surface area contributed by atoms with E-state index in [4.69, 9.17) is 0 Å². The molecule has 0 atom stereocenters. The molecule has 0 saturated heterocycles. The van der Waals surface area contributed by atoms with Crippen molar-refractivity contribution >= 4 is 11.9 Å². The van der Waals surface area contributed by atoms with E-state index < -0.39 is 5.41 Å². The maximum Gasteiger partial charge on any atom is 0.247 e. The lowest BCUT2D eigenvalue weighted by atomic mass is 9.74. The van der Waals surface area contributed by atoms with Crippen molar-refractivity contribution in [2.45, 2.75) is 50.9 Å². The molecule has 6 nitrogen and oxygen atoms in total. The molecule has 2 aliphatic carbocycles. The summed E-state index contributed by atoms with van der Waals surface area (Å²) < 4.78 is 1.84. The van der Waals surface area contributed by atoms with Gasteiger partial charge in [0.15, 0.2) is 0 Å². The molecular weight excluding hydrogens is 254 g/mol. The van der Waals surface area contributed by atoms with E-state index in [0.29, 0.717) is 24.7 Å². The predicted octanol–water partition coefficient (Wildman–Crippen LogP) is 2.11. The van der Waals surface area contributed by atoms with Gasteiger partial charge in [0.05, 0.1) is 6.07 Å². The molecule has 1 aromatic rings. The first-order valence-electron chi connectivity index (χ1n) is 7.28. The van der Waals surface area contributed by atoms with Gasteiger partial charge in [-0.3, -0.25) is 10.1 Å². The number of aromatic nitrogens is 3. The first kappa shape index (κ1) is 13.1. The Kier molecular flexibility index (Phi) is 3.20. The van der Waals surface area contributed by atoms with Crippen molar-refractivity contribution in [1.82, 2.24) is 14.8 Å². The van der Waals surface area contributed by atoms with Crippen LogP contribution in [0, 0.1) is 16.7 Å². The standard InChI is InChI=1S/C14H19N5O/c1-19-11(10-5-6-10)17-18-13(19)16-12(20)14(9-15)7-3-2-4-8-14/h10H,2-8H2,1H3,(H,16,18,20). The largest absolute Gasteiger partial charge is 0.300 e. The van der Waals surface area contributed by atoms with Gasteiger partial charge in [-0.15, -0.1) is 10.2 Å². The van der Waals surface area contributed by atoms with Crippen molar-refractivity contribution in [3.8, 4) is 6.07 Å². The monoisotopic (exact) mass is 273 g/mol. The maximum absolute atomic E-state index is 12.5. The highest BCUT2D eigenvalue weighted by Gasteiger charge is 2.40. The third-order valence-corrected chi connectivity index (χ3v) is 4.43. The average Bonchev–Trinajstić information content (AvgIpc) is 3.26. The normalized spacial score (nSPS) is 21.2. The Morgan fingerprint density at radius 3 is 2.65 bits per heavy atom. The molecule has 0 aromatic carbocycles. The molecule has 20 heavy (non-hydrogen) atoms. The minimum atomic E-state index is -0.885. The topological polar surface area (TPSA) is 83.6 Å². The van der Waals surface area contributed by atoms with Crippen LogP contribution in [0.1, 0.15) is 56.7 Å². The molecule has 0 unspecified atom stereocenters. The molecule has 1 N–H and O–H groups in total. The maximum atomic E-state index is 12.5. The summed E-state index contributed by atoms with van der Waals surface area (Å²) in [5, 5.41) is 20.4. The molecular formula is C14H19N5O. The first-order valence-corrected chi connectivity index (χ1v) is 7.28. The molecule has 3 rings (SSSR count). The summed E-state index contributed by atoms with van der Waals surface area (Å²) in [5.41, 5.74) is -0.885. The zero-order chi connectivity index (χ0) is 14.2. The molecule has 0 bridgehead atoms. The quantitative estimate of drug-likeness (QED) is 0.914. The van der Waals surface area contributed by atoms with E-state index in [9.17, 15) is 10.1 Å². The summed E-state index contributed by atoms with van der Waals surface area (Å²) in [6.45, 7) is 0. The zero-order valence-electron chi connectivity index (χ0n) is 11.7. The molecule has 2 fully saturated rings. The Balaban J connectivity index is 1.76. The van der Waals surface area contributed by atoms with E-state index >= 15 is 0 Å². The van der Waals surface area contributed by atoms with Crippen molar-refractivity contribution in [3.63, 3.8) is 0 Å². The van der Waals surface area contributed by atoms with Crippen LogP contribution >= 0.6 is 0 Å². The molecule has 2 aliphatic rings. The van der Waals surface area contributed by atoms with Crippen LogP contribution in [0.15, 0.2) is 0 Å². The van der Waals surface area contributed by atoms with Crippen molar-refractivity contribution in [1.29, 1.82) is 5.26 Å². The van der Waals surface area contributed by atoms with Crippen LogP contribution < -0.4 is 5.32 Å². The summed E-state index contributed by atoms with van der Waals surface area (Å²) in [7, 11) is 1.86. The van der Waals surface area contributed by atoms with E-state index in [1.54, 1.807) is 0 Å². The van der Waals surface area contributed by atoms with Gasteiger partial charge in [-0.1, -0.05) is 19.3 Å². The molecule has 2 saturated carbocycles. The minimum absolute atomic E-state index is 0.224. The molecule has 0 radical (unpaired) electrons.